The first-order valence-electron chi connectivity index (χ1n) is 6.76. The van der Waals surface area contributed by atoms with Crippen molar-refractivity contribution in [1.82, 2.24) is 4.72 Å². The lowest BCUT2D eigenvalue weighted by Gasteiger charge is -2.16. The van der Waals surface area contributed by atoms with Gasteiger partial charge in [-0.1, -0.05) is 42.1 Å². The first-order valence-corrected chi connectivity index (χ1v) is 9.04. The molecule has 114 valence electrons. The zero-order valence-corrected chi connectivity index (χ0v) is 14.6. The van der Waals surface area contributed by atoms with E-state index in [4.69, 9.17) is 4.74 Å². The second-order valence-corrected chi connectivity index (χ2v) is 7.41. The molecule has 6 heteroatoms. The van der Waals surface area contributed by atoms with Crippen LogP contribution in [0.3, 0.4) is 0 Å². The van der Waals surface area contributed by atoms with Crippen LogP contribution in [-0.4, -0.2) is 21.6 Å². The van der Waals surface area contributed by atoms with Gasteiger partial charge in [0.25, 0.3) is 0 Å². The molecule has 1 rings (SSSR count). The van der Waals surface area contributed by atoms with Crippen LogP contribution < -0.4 is 9.46 Å². The van der Waals surface area contributed by atoms with Gasteiger partial charge in [0.15, 0.2) is 0 Å². The molecule has 0 saturated carbocycles. The fourth-order valence-corrected chi connectivity index (χ4v) is 3.93. The molecule has 0 bridgehead atoms. The molecule has 4 nitrogen and oxygen atoms in total. The van der Waals surface area contributed by atoms with Crippen LogP contribution in [0.2, 0.25) is 0 Å². The Labute approximate surface area is 130 Å². The summed E-state index contributed by atoms with van der Waals surface area (Å²) in [5.41, 5.74) is 0. The Morgan fingerprint density at radius 1 is 1.35 bits per heavy atom. The van der Waals surface area contributed by atoms with E-state index >= 15 is 0 Å². The summed E-state index contributed by atoms with van der Waals surface area (Å²) in [5, 5.41) is 0. The number of halogens is 1. The number of rotatable bonds is 8. The minimum atomic E-state index is -3.57. The van der Waals surface area contributed by atoms with E-state index in [1.54, 1.807) is 18.2 Å². The van der Waals surface area contributed by atoms with Crippen molar-refractivity contribution < 1.29 is 13.2 Å². The van der Waals surface area contributed by atoms with Crippen LogP contribution in [0.25, 0.3) is 0 Å². The van der Waals surface area contributed by atoms with Crippen molar-refractivity contribution in [3.63, 3.8) is 0 Å². The van der Waals surface area contributed by atoms with Crippen molar-refractivity contribution in [2.75, 3.05) is 7.11 Å². The molecule has 0 aliphatic carbocycles. The average molecular weight is 364 g/mol. The van der Waals surface area contributed by atoms with Gasteiger partial charge in [0, 0.05) is 10.5 Å². The Hall–Kier alpha value is -0.590. The summed E-state index contributed by atoms with van der Waals surface area (Å²) in [7, 11) is -2.10. The highest BCUT2D eigenvalue weighted by Crippen LogP contribution is 2.27. The predicted molar refractivity (Wildman–Crippen MR) is 84.6 cm³/mol. The lowest BCUT2D eigenvalue weighted by atomic mass is 10.1. The third-order valence-corrected chi connectivity index (χ3v) is 5.12. The maximum Gasteiger partial charge on any atom is 0.244 e. The summed E-state index contributed by atoms with van der Waals surface area (Å²) in [6, 6.07) is 4.86. The fraction of sp³-hybridized carbons (Fsp3) is 0.571. The number of hydrogen-bond acceptors (Lipinski definition) is 3. The molecule has 0 heterocycles. The van der Waals surface area contributed by atoms with Crippen LogP contribution >= 0.6 is 15.9 Å². The molecule has 20 heavy (non-hydrogen) atoms. The van der Waals surface area contributed by atoms with Crippen LogP contribution in [0.4, 0.5) is 0 Å². The van der Waals surface area contributed by atoms with E-state index in [1.165, 1.54) is 7.11 Å². The van der Waals surface area contributed by atoms with Gasteiger partial charge in [-0.05, 0) is 31.5 Å². The molecule has 0 spiro atoms. The summed E-state index contributed by atoms with van der Waals surface area (Å²) in [4.78, 5) is 0.164. The SMILES string of the molecule is CCCCCC(C)NS(=O)(=O)c1cc(Br)ccc1OC. The molecular formula is C14H22BrNO3S. The number of unbranched alkanes of at least 4 members (excludes halogenated alkanes) is 2. The van der Waals surface area contributed by atoms with Crippen LogP contribution in [0, 0.1) is 0 Å². The highest BCUT2D eigenvalue weighted by Gasteiger charge is 2.21. The van der Waals surface area contributed by atoms with Crippen molar-refractivity contribution >= 4 is 26.0 Å². The van der Waals surface area contributed by atoms with Gasteiger partial charge >= 0.3 is 0 Å². The Morgan fingerprint density at radius 3 is 2.65 bits per heavy atom. The fourth-order valence-electron chi connectivity index (χ4n) is 1.95. The van der Waals surface area contributed by atoms with Gasteiger partial charge in [0.2, 0.25) is 10.0 Å². The van der Waals surface area contributed by atoms with E-state index in [-0.39, 0.29) is 10.9 Å². The van der Waals surface area contributed by atoms with Gasteiger partial charge in [-0.25, -0.2) is 13.1 Å². The maximum atomic E-state index is 12.4. The number of sulfonamides is 1. The third kappa shape index (κ3) is 5.07. The van der Waals surface area contributed by atoms with Gasteiger partial charge in [-0.3, -0.25) is 0 Å². The van der Waals surface area contributed by atoms with Crippen molar-refractivity contribution in [2.45, 2.75) is 50.5 Å². The van der Waals surface area contributed by atoms with Gasteiger partial charge < -0.3 is 4.74 Å². The summed E-state index contributed by atoms with van der Waals surface area (Å²) in [6.45, 7) is 4.01. The first-order chi connectivity index (χ1) is 9.40. The van der Waals surface area contributed by atoms with Crippen molar-refractivity contribution in [2.24, 2.45) is 0 Å². The average Bonchev–Trinajstić information content (AvgIpc) is 2.38. The molecule has 0 amide bonds. The van der Waals surface area contributed by atoms with Crippen molar-refractivity contribution in [3.8, 4) is 5.75 Å². The largest absolute Gasteiger partial charge is 0.495 e. The minimum Gasteiger partial charge on any atom is -0.495 e. The van der Waals surface area contributed by atoms with E-state index in [0.29, 0.717) is 10.2 Å². The highest BCUT2D eigenvalue weighted by atomic mass is 79.9. The minimum absolute atomic E-state index is 0.0877. The van der Waals surface area contributed by atoms with Crippen LogP contribution in [-0.2, 0) is 10.0 Å². The van der Waals surface area contributed by atoms with Gasteiger partial charge in [-0.2, -0.15) is 0 Å². The standard InChI is InChI=1S/C14H22BrNO3S/c1-4-5-6-7-11(2)16-20(17,18)14-10-12(15)8-9-13(14)19-3/h8-11,16H,4-7H2,1-3H3. The normalized spacial score (nSPS) is 13.2. The third-order valence-electron chi connectivity index (χ3n) is 3.01. The van der Waals surface area contributed by atoms with E-state index in [2.05, 4.69) is 27.6 Å². The van der Waals surface area contributed by atoms with Gasteiger partial charge in [0.1, 0.15) is 10.6 Å². The van der Waals surface area contributed by atoms with Crippen LogP contribution in [0.5, 0.6) is 5.75 Å². The molecule has 0 aliphatic heterocycles. The molecule has 1 aromatic carbocycles. The van der Waals surface area contributed by atoms with E-state index in [1.807, 2.05) is 6.92 Å². The molecule has 1 atom stereocenters. The lowest BCUT2D eigenvalue weighted by molar-refractivity contribution is 0.401. The Balaban J connectivity index is 2.85. The molecule has 0 aromatic heterocycles. The summed E-state index contributed by atoms with van der Waals surface area (Å²) < 4.78 is 33.3. The summed E-state index contributed by atoms with van der Waals surface area (Å²) >= 11 is 3.29. The molecule has 0 saturated heterocycles. The van der Waals surface area contributed by atoms with E-state index in [9.17, 15) is 8.42 Å². The van der Waals surface area contributed by atoms with Crippen LogP contribution in [0.1, 0.15) is 39.5 Å². The topological polar surface area (TPSA) is 55.4 Å². The van der Waals surface area contributed by atoms with E-state index < -0.39 is 10.0 Å². The molecule has 1 N–H and O–H groups in total. The second kappa shape index (κ2) is 8.00. The molecule has 0 radical (unpaired) electrons. The second-order valence-electron chi connectivity index (χ2n) is 4.81. The van der Waals surface area contributed by atoms with Crippen molar-refractivity contribution in [1.29, 1.82) is 0 Å². The zero-order valence-electron chi connectivity index (χ0n) is 12.1. The number of methoxy groups -OCH3 is 1. The van der Waals surface area contributed by atoms with Gasteiger partial charge in [0.05, 0.1) is 7.11 Å². The molecular weight excluding hydrogens is 342 g/mol. The monoisotopic (exact) mass is 363 g/mol. The van der Waals surface area contributed by atoms with Gasteiger partial charge in [-0.15, -0.1) is 0 Å². The molecule has 1 aromatic rings. The van der Waals surface area contributed by atoms with E-state index in [0.717, 1.165) is 25.7 Å². The molecule has 1 unspecified atom stereocenters. The Bertz CT molecular complexity index is 531. The zero-order chi connectivity index (χ0) is 15.2. The quantitative estimate of drug-likeness (QED) is 0.716. The van der Waals surface area contributed by atoms with Crippen molar-refractivity contribution in [3.05, 3.63) is 22.7 Å². The smallest absolute Gasteiger partial charge is 0.244 e. The lowest BCUT2D eigenvalue weighted by Crippen LogP contribution is -2.32. The maximum absolute atomic E-state index is 12.4. The predicted octanol–water partition coefficient (Wildman–Crippen LogP) is 3.70. The molecule has 0 aliphatic rings. The molecule has 0 fully saturated rings. The van der Waals surface area contributed by atoms with Crippen LogP contribution in [0.15, 0.2) is 27.6 Å². The number of nitrogens with one attached hydrogen (secondary N) is 1. The number of ether oxygens (including phenoxy) is 1. The highest BCUT2D eigenvalue weighted by molar-refractivity contribution is 9.10. The summed E-state index contributed by atoms with van der Waals surface area (Å²) in [6.07, 6.45) is 4.10. The Morgan fingerprint density at radius 2 is 2.05 bits per heavy atom. The summed E-state index contributed by atoms with van der Waals surface area (Å²) in [5.74, 6) is 0.349. The number of benzene rings is 1. The Kier molecular flexibility index (Phi) is 6.99. The first kappa shape index (κ1) is 17.5. The number of hydrogen-bond donors (Lipinski definition) is 1.